The number of nitrogens with zero attached hydrogens (tertiary/aromatic N) is 1. The molecule has 0 atom stereocenters. The van der Waals surface area contributed by atoms with Gasteiger partial charge in [0.2, 0.25) is 0 Å². The zero-order chi connectivity index (χ0) is 16.1. The minimum Gasteiger partial charge on any atom is -0.378 e. The third-order valence-corrected chi connectivity index (χ3v) is 4.92. The van der Waals surface area contributed by atoms with E-state index in [1.165, 1.54) is 0 Å². The number of hydrogen-bond acceptors (Lipinski definition) is 4. The van der Waals surface area contributed by atoms with Crippen molar-refractivity contribution in [3.63, 3.8) is 0 Å². The van der Waals surface area contributed by atoms with Crippen molar-refractivity contribution in [3.05, 3.63) is 53.9 Å². The van der Waals surface area contributed by atoms with E-state index in [0.29, 0.717) is 6.54 Å². The van der Waals surface area contributed by atoms with E-state index >= 15 is 0 Å². The van der Waals surface area contributed by atoms with Gasteiger partial charge in [0.25, 0.3) is 5.91 Å². The minimum atomic E-state index is -0.0495. The van der Waals surface area contributed by atoms with Crippen LogP contribution in [0.5, 0.6) is 0 Å². The van der Waals surface area contributed by atoms with Gasteiger partial charge in [-0.2, -0.15) is 0 Å². The van der Waals surface area contributed by atoms with Crippen LogP contribution in [0.2, 0.25) is 0 Å². The second-order valence-electron chi connectivity index (χ2n) is 5.29. The van der Waals surface area contributed by atoms with Crippen molar-refractivity contribution in [1.29, 1.82) is 0 Å². The summed E-state index contributed by atoms with van der Waals surface area (Å²) in [5, 5.41) is 4.00. The number of hydrogen-bond donors (Lipinski definition) is 1. The standard InChI is InChI=1S/C18H20N2O2S/c1-2-8-19-17(21)16-13-15(14-6-4-3-5-7-14)18(23-16)20-9-11-22-12-10-20/h2-7,13H,1,8-12H2,(H,19,21). The molecule has 1 aromatic heterocycles. The molecule has 0 bridgehead atoms. The Balaban J connectivity index is 1.96. The molecule has 1 aromatic carbocycles. The largest absolute Gasteiger partial charge is 0.378 e. The first-order valence-electron chi connectivity index (χ1n) is 7.70. The van der Waals surface area contributed by atoms with Crippen molar-refractivity contribution in [2.45, 2.75) is 0 Å². The highest BCUT2D eigenvalue weighted by molar-refractivity contribution is 7.18. The minimum absolute atomic E-state index is 0.0495. The molecule has 2 aromatic rings. The van der Waals surface area contributed by atoms with Crippen LogP contribution in [-0.2, 0) is 4.74 Å². The molecule has 0 aliphatic carbocycles. The zero-order valence-electron chi connectivity index (χ0n) is 13.0. The van der Waals surface area contributed by atoms with Crippen LogP contribution < -0.4 is 10.2 Å². The molecule has 23 heavy (non-hydrogen) atoms. The molecular weight excluding hydrogens is 308 g/mol. The molecule has 4 nitrogen and oxygen atoms in total. The van der Waals surface area contributed by atoms with Crippen LogP contribution in [0.3, 0.4) is 0 Å². The Bertz CT molecular complexity index is 676. The molecule has 1 amide bonds. The summed E-state index contributed by atoms with van der Waals surface area (Å²) >= 11 is 1.54. The molecule has 1 aliphatic rings. The molecule has 0 saturated carbocycles. The number of carbonyl (C=O) groups excluding carboxylic acids is 1. The first-order valence-corrected chi connectivity index (χ1v) is 8.52. The van der Waals surface area contributed by atoms with Gasteiger partial charge in [-0.05, 0) is 11.6 Å². The van der Waals surface area contributed by atoms with E-state index in [2.05, 4.69) is 28.9 Å². The fourth-order valence-electron chi connectivity index (χ4n) is 2.57. The zero-order valence-corrected chi connectivity index (χ0v) is 13.8. The highest BCUT2D eigenvalue weighted by Crippen LogP contribution is 2.39. The molecule has 1 N–H and O–H groups in total. The van der Waals surface area contributed by atoms with Gasteiger partial charge in [-0.25, -0.2) is 0 Å². The lowest BCUT2D eigenvalue weighted by molar-refractivity contribution is 0.0962. The molecule has 0 spiro atoms. The van der Waals surface area contributed by atoms with Gasteiger partial charge in [0.15, 0.2) is 0 Å². The molecule has 1 fully saturated rings. The number of carbonyl (C=O) groups is 1. The maximum atomic E-state index is 12.3. The van der Waals surface area contributed by atoms with Crippen molar-refractivity contribution >= 4 is 22.2 Å². The van der Waals surface area contributed by atoms with Crippen LogP contribution in [0.25, 0.3) is 11.1 Å². The monoisotopic (exact) mass is 328 g/mol. The number of rotatable bonds is 5. The van der Waals surface area contributed by atoms with Crippen molar-refractivity contribution in [1.82, 2.24) is 5.32 Å². The highest BCUT2D eigenvalue weighted by Gasteiger charge is 2.21. The summed E-state index contributed by atoms with van der Waals surface area (Å²) in [6.45, 7) is 7.28. The Morgan fingerprint density at radius 3 is 2.74 bits per heavy atom. The maximum absolute atomic E-state index is 12.3. The molecule has 1 aliphatic heterocycles. The fraction of sp³-hybridized carbons (Fsp3) is 0.278. The van der Waals surface area contributed by atoms with E-state index in [4.69, 9.17) is 4.74 Å². The first kappa shape index (κ1) is 15.8. The fourth-order valence-corrected chi connectivity index (χ4v) is 3.72. The van der Waals surface area contributed by atoms with Crippen LogP contribution in [-0.4, -0.2) is 38.8 Å². The van der Waals surface area contributed by atoms with E-state index in [1.54, 1.807) is 17.4 Å². The van der Waals surface area contributed by atoms with E-state index in [9.17, 15) is 4.79 Å². The third kappa shape index (κ3) is 3.63. The van der Waals surface area contributed by atoms with Gasteiger partial charge in [-0.15, -0.1) is 17.9 Å². The molecule has 2 heterocycles. The maximum Gasteiger partial charge on any atom is 0.261 e. The number of morpholine rings is 1. The van der Waals surface area contributed by atoms with E-state index < -0.39 is 0 Å². The van der Waals surface area contributed by atoms with Crippen molar-refractivity contribution in [3.8, 4) is 11.1 Å². The SMILES string of the molecule is C=CCNC(=O)c1cc(-c2ccccc2)c(N2CCOCC2)s1. The normalized spacial score (nSPS) is 14.5. The Morgan fingerprint density at radius 1 is 1.30 bits per heavy atom. The molecule has 120 valence electrons. The van der Waals surface area contributed by atoms with Gasteiger partial charge < -0.3 is 15.0 Å². The second-order valence-corrected chi connectivity index (χ2v) is 6.32. The topological polar surface area (TPSA) is 41.6 Å². The van der Waals surface area contributed by atoms with Gasteiger partial charge >= 0.3 is 0 Å². The first-order chi connectivity index (χ1) is 11.3. The molecule has 0 unspecified atom stereocenters. The van der Waals surface area contributed by atoms with Crippen LogP contribution in [0.4, 0.5) is 5.00 Å². The van der Waals surface area contributed by atoms with E-state index in [-0.39, 0.29) is 5.91 Å². The predicted molar refractivity (Wildman–Crippen MR) is 95.3 cm³/mol. The average Bonchev–Trinajstić information content (AvgIpc) is 3.06. The smallest absolute Gasteiger partial charge is 0.261 e. The number of ether oxygens (including phenoxy) is 1. The number of benzene rings is 1. The summed E-state index contributed by atoms with van der Waals surface area (Å²) in [5.74, 6) is -0.0495. The third-order valence-electron chi connectivity index (χ3n) is 3.73. The molecule has 5 heteroatoms. The van der Waals surface area contributed by atoms with E-state index in [0.717, 1.165) is 47.3 Å². The molecular formula is C18H20N2O2S. The van der Waals surface area contributed by atoms with Crippen LogP contribution in [0, 0.1) is 0 Å². The number of amides is 1. The predicted octanol–water partition coefficient (Wildman–Crippen LogP) is 3.17. The summed E-state index contributed by atoms with van der Waals surface area (Å²) in [4.78, 5) is 15.3. The Morgan fingerprint density at radius 2 is 2.04 bits per heavy atom. The van der Waals surface area contributed by atoms with E-state index in [1.807, 2.05) is 24.3 Å². The Labute approximate surface area is 140 Å². The lowest BCUT2D eigenvalue weighted by atomic mass is 10.1. The van der Waals surface area contributed by atoms with Crippen molar-refractivity contribution in [2.75, 3.05) is 37.7 Å². The lowest BCUT2D eigenvalue weighted by Crippen LogP contribution is -2.35. The Kier molecular flexibility index (Phi) is 5.10. The van der Waals surface area contributed by atoms with Crippen molar-refractivity contribution < 1.29 is 9.53 Å². The molecule has 3 rings (SSSR count). The summed E-state index contributed by atoms with van der Waals surface area (Å²) in [5.41, 5.74) is 2.24. The van der Waals surface area contributed by atoms with Crippen LogP contribution >= 0.6 is 11.3 Å². The highest BCUT2D eigenvalue weighted by atomic mass is 32.1. The summed E-state index contributed by atoms with van der Waals surface area (Å²) < 4.78 is 5.45. The average molecular weight is 328 g/mol. The van der Waals surface area contributed by atoms with Crippen molar-refractivity contribution in [2.24, 2.45) is 0 Å². The summed E-state index contributed by atoms with van der Waals surface area (Å²) in [6.07, 6.45) is 1.69. The van der Waals surface area contributed by atoms with Crippen LogP contribution in [0.15, 0.2) is 49.1 Å². The van der Waals surface area contributed by atoms with Gasteiger partial charge in [-0.3, -0.25) is 4.79 Å². The van der Waals surface area contributed by atoms with Gasteiger partial charge in [0.1, 0.15) is 0 Å². The lowest BCUT2D eigenvalue weighted by Gasteiger charge is -2.28. The number of nitrogens with one attached hydrogen (secondary N) is 1. The van der Waals surface area contributed by atoms with Crippen LogP contribution in [0.1, 0.15) is 9.67 Å². The van der Waals surface area contributed by atoms with Gasteiger partial charge in [0.05, 0.1) is 23.1 Å². The second kappa shape index (κ2) is 7.44. The number of thiophene rings is 1. The molecule has 0 radical (unpaired) electrons. The number of anilines is 1. The summed E-state index contributed by atoms with van der Waals surface area (Å²) in [6, 6.07) is 12.2. The van der Waals surface area contributed by atoms with Gasteiger partial charge in [0, 0.05) is 25.2 Å². The summed E-state index contributed by atoms with van der Waals surface area (Å²) in [7, 11) is 0. The molecule has 1 saturated heterocycles. The quantitative estimate of drug-likeness (QED) is 0.857. The Hall–Kier alpha value is -2.11. The van der Waals surface area contributed by atoms with Gasteiger partial charge in [-0.1, -0.05) is 36.4 Å².